The van der Waals surface area contributed by atoms with E-state index in [0.29, 0.717) is 0 Å². The fraction of sp³-hybridized carbons (Fsp3) is 0.100. The summed E-state index contributed by atoms with van der Waals surface area (Å²) in [5, 5.41) is 2.26. The molecule has 1 aliphatic rings. The molecule has 4 rings (SSSR count). The van der Waals surface area contributed by atoms with Gasteiger partial charge in [0.25, 0.3) is 5.91 Å². The van der Waals surface area contributed by atoms with Gasteiger partial charge in [0.15, 0.2) is 0 Å². The number of pyridine rings is 1. The van der Waals surface area contributed by atoms with E-state index >= 15 is 0 Å². The van der Waals surface area contributed by atoms with Crippen molar-refractivity contribution >= 4 is 23.0 Å². The van der Waals surface area contributed by atoms with Crippen LogP contribution in [0.2, 0.25) is 0 Å². The molecule has 1 aromatic heterocycles. The zero-order valence-electron chi connectivity index (χ0n) is 13.7. The first-order valence-corrected chi connectivity index (χ1v) is 8.20. The average Bonchev–Trinajstić information content (AvgIpc) is 3.09. The normalized spacial score (nSPS) is 12.8. The number of rotatable bonds is 3. The lowest BCUT2D eigenvalue weighted by Gasteiger charge is -2.20. The van der Waals surface area contributed by atoms with E-state index in [4.69, 9.17) is 0 Å². The van der Waals surface area contributed by atoms with Crippen molar-refractivity contribution in [2.45, 2.75) is 6.42 Å². The zero-order valence-corrected chi connectivity index (χ0v) is 13.7. The molecule has 0 atom stereocenters. The molecule has 2 heterocycles. The number of carbonyl (C=O) groups excluding carboxylic acids is 1. The molecule has 0 saturated carbocycles. The molecule has 130 valence electrons. The molecule has 0 unspecified atom stereocenters. The van der Waals surface area contributed by atoms with Crippen molar-refractivity contribution in [3.63, 3.8) is 0 Å². The Hall–Kier alpha value is -3.28. The summed E-state index contributed by atoms with van der Waals surface area (Å²) in [5.74, 6) is -2.32. The van der Waals surface area contributed by atoms with E-state index in [1.807, 2.05) is 24.3 Å². The van der Waals surface area contributed by atoms with Gasteiger partial charge < -0.3 is 10.2 Å². The molecule has 0 saturated heterocycles. The molecule has 4 nitrogen and oxygen atoms in total. The number of halogens is 2. The Morgan fingerprint density at radius 2 is 1.81 bits per heavy atom. The van der Waals surface area contributed by atoms with Crippen LogP contribution in [0.15, 0.2) is 60.8 Å². The minimum Gasteiger partial charge on any atom is -0.341 e. The molecular formula is C20H15F2N3O. The summed E-state index contributed by atoms with van der Waals surface area (Å²) < 4.78 is 27.5. The van der Waals surface area contributed by atoms with Crippen molar-refractivity contribution in [3.05, 3.63) is 83.7 Å². The lowest BCUT2D eigenvalue weighted by Crippen LogP contribution is -2.18. The van der Waals surface area contributed by atoms with Gasteiger partial charge in [0.2, 0.25) is 0 Å². The largest absolute Gasteiger partial charge is 0.341 e. The van der Waals surface area contributed by atoms with Crippen LogP contribution in [0, 0.1) is 11.6 Å². The van der Waals surface area contributed by atoms with Gasteiger partial charge in [-0.05, 0) is 42.3 Å². The number of aromatic nitrogens is 1. The predicted molar refractivity (Wildman–Crippen MR) is 95.7 cm³/mol. The average molecular weight is 351 g/mol. The Kier molecular flexibility index (Phi) is 4.08. The van der Waals surface area contributed by atoms with Gasteiger partial charge in [0.1, 0.15) is 23.0 Å². The van der Waals surface area contributed by atoms with Crippen LogP contribution in [0.3, 0.4) is 0 Å². The van der Waals surface area contributed by atoms with E-state index in [0.717, 1.165) is 36.5 Å². The van der Waals surface area contributed by atoms with Gasteiger partial charge in [-0.1, -0.05) is 24.3 Å². The fourth-order valence-corrected chi connectivity index (χ4v) is 3.11. The van der Waals surface area contributed by atoms with E-state index < -0.39 is 23.2 Å². The van der Waals surface area contributed by atoms with Gasteiger partial charge in [-0.2, -0.15) is 0 Å². The maximum atomic E-state index is 13.7. The number of hydrogen-bond acceptors (Lipinski definition) is 3. The van der Waals surface area contributed by atoms with E-state index in [1.165, 1.54) is 17.8 Å². The number of para-hydroxylation sites is 2. The standard InChI is InChI=1S/C20H15F2N3O/c21-15-5-3-6-16(22)19(15)24-20(26)17-12-14(8-10-23-17)25-11-9-13-4-1-2-7-18(13)25/h1-8,10,12H,9,11H2,(H,24,26). The third-order valence-electron chi connectivity index (χ3n) is 4.38. The third-order valence-corrected chi connectivity index (χ3v) is 4.38. The maximum Gasteiger partial charge on any atom is 0.274 e. The lowest BCUT2D eigenvalue weighted by molar-refractivity contribution is 0.102. The number of carbonyl (C=O) groups is 1. The number of benzene rings is 2. The van der Waals surface area contributed by atoms with E-state index in [-0.39, 0.29) is 5.69 Å². The van der Waals surface area contributed by atoms with Gasteiger partial charge in [-0.15, -0.1) is 0 Å². The van der Waals surface area contributed by atoms with Crippen molar-refractivity contribution in [2.24, 2.45) is 0 Å². The Morgan fingerprint density at radius 3 is 2.62 bits per heavy atom. The minimum atomic E-state index is -0.831. The highest BCUT2D eigenvalue weighted by Crippen LogP contribution is 2.34. The van der Waals surface area contributed by atoms with Crippen LogP contribution >= 0.6 is 0 Å². The molecule has 0 bridgehead atoms. The second-order valence-electron chi connectivity index (χ2n) is 5.98. The second-order valence-corrected chi connectivity index (χ2v) is 5.98. The number of nitrogens with one attached hydrogen (secondary N) is 1. The summed E-state index contributed by atoms with van der Waals surface area (Å²) in [6.45, 7) is 0.798. The predicted octanol–water partition coefficient (Wildman–Crippen LogP) is 4.31. The Labute approximate surface area is 149 Å². The number of hydrogen-bond donors (Lipinski definition) is 1. The Balaban J connectivity index is 1.61. The lowest BCUT2D eigenvalue weighted by atomic mass is 10.2. The quantitative estimate of drug-likeness (QED) is 0.765. The Morgan fingerprint density at radius 1 is 1.04 bits per heavy atom. The van der Waals surface area contributed by atoms with Crippen molar-refractivity contribution in [2.75, 3.05) is 16.8 Å². The summed E-state index contributed by atoms with van der Waals surface area (Å²) >= 11 is 0. The van der Waals surface area contributed by atoms with E-state index in [9.17, 15) is 13.6 Å². The van der Waals surface area contributed by atoms with Gasteiger partial charge in [-0.3, -0.25) is 9.78 Å². The molecule has 6 heteroatoms. The third kappa shape index (κ3) is 2.90. The summed E-state index contributed by atoms with van der Waals surface area (Å²) in [5.41, 5.74) is 2.75. The van der Waals surface area contributed by atoms with Crippen molar-refractivity contribution < 1.29 is 13.6 Å². The van der Waals surface area contributed by atoms with E-state index in [2.05, 4.69) is 21.3 Å². The summed E-state index contributed by atoms with van der Waals surface area (Å²) in [6.07, 6.45) is 2.43. The molecular weight excluding hydrogens is 336 g/mol. The SMILES string of the molecule is O=C(Nc1c(F)cccc1F)c1cc(N2CCc3ccccc32)ccn1. The van der Waals surface area contributed by atoms with Crippen LogP contribution in [0.1, 0.15) is 16.1 Å². The van der Waals surface area contributed by atoms with Crippen LogP contribution in [-0.2, 0) is 6.42 Å². The maximum absolute atomic E-state index is 13.7. The number of anilines is 3. The monoisotopic (exact) mass is 351 g/mol. The minimum absolute atomic E-state index is 0.0922. The van der Waals surface area contributed by atoms with Crippen molar-refractivity contribution in [1.82, 2.24) is 4.98 Å². The number of nitrogens with zero attached hydrogens (tertiary/aromatic N) is 2. The van der Waals surface area contributed by atoms with Crippen molar-refractivity contribution in [1.29, 1.82) is 0 Å². The number of amides is 1. The molecule has 0 radical (unpaired) electrons. The number of fused-ring (bicyclic) bond motifs is 1. The first-order valence-electron chi connectivity index (χ1n) is 8.20. The highest BCUT2D eigenvalue weighted by atomic mass is 19.1. The molecule has 0 spiro atoms. The molecule has 1 N–H and O–H groups in total. The smallest absolute Gasteiger partial charge is 0.274 e. The van der Waals surface area contributed by atoms with E-state index in [1.54, 1.807) is 6.07 Å². The topological polar surface area (TPSA) is 45.2 Å². The zero-order chi connectivity index (χ0) is 18.1. The molecule has 1 aliphatic heterocycles. The Bertz CT molecular complexity index is 970. The van der Waals surface area contributed by atoms with Gasteiger partial charge in [0, 0.05) is 24.1 Å². The molecule has 3 aromatic rings. The van der Waals surface area contributed by atoms with Gasteiger partial charge in [0.05, 0.1) is 0 Å². The van der Waals surface area contributed by atoms with Crippen LogP contribution in [0.4, 0.5) is 25.8 Å². The molecule has 26 heavy (non-hydrogen) atoms. The highest BCUT2D eigenvalue weighted by Gasteiger charge is 2.21. The van der Waals surface area contributed by atoms with Crippen LogP contribution in [-0.4, -0.2) is 17.4 Å². The molecule has 1 amide bonds. The van der Waals surface area contributed by atoms with Crippen LogP contribution in [0.5, 0.6) is 0 Å². The van der Waals surface area contributed by atoms with Crippen molar-refractivity contribution in [3.8, 4) is 0 Å². The summed E-state index contributed by atoms with van der Waals surface area (Å²) in [4.78, 5) is 18.5. The van der Waals surface area contributed by atoms with Gasteiger partial charge in [-0.25, -0.2) is 8.78 Å². The highest BCUT2D eigenvalue weighted by molar-refractivity contribution is 6.03. The van der Waals surface area contributed by atoms with Crippen LogP contribution < -0.4 is 10.2 Å². The molecule has 0 fully saturated rings. The first-order chi connectivity index (χ1) is 12.6. The molecule has 2 aromatic carbocycles. The second kappa shape index (κ2) is 6.55. The van der Waals surface area contributed by atoms with Gasteiger partial charge >= 0.3 is 0 Å². The fourth-order valence-electron chi connectivity index (χ4n) is 3.11. The first kappa shape index (κ1) is 16.2. The van der Waals surface area contributed by atoms with Crippen LogP contribution in [0.25, 0.3) is 0 Å². The summed E-state index contributed by atoms with van der Waals surface area (Å²) in [7, 11) is 0. The molecule has 0 aliphatic carbocycles. The summed E-state index contributed by atoms with van der Waals surface area (Å²) in [6, 6.07) is 14.9.